The molecule has 2 aromatic carbocycles. The van der Waals surface area contributed by atoms with Crippen molar-refractivity contribution in [2.24, 2.45) is 0 Å². The van der Waals surface area contributed by atoms with Crippen molar-refractivity contribution in [1.29, 1.82) is 0 Å². The lowest BCUT2D eigenvalue weighted by atomic mass is 10.1. The number of nitrogens with one attached hydrogen (secondary N) is 1. The van der Waals surface area contributed by atoms with E-state index in [1.54, 1.807) is 17.1 Å². The molecule has 20 heavy (non-hydrogen) atoms. The van der Waals surface area contributed by atoms with E-state index >= 15 is 0 Å². The van der Waals surface area contributed by atoms with E-state index in [0.717, 1.165) is 16.5 Å². The number of carbonyl (C=O) groups is 1. The van der Waals surface area contributed by atoms with Gasteiger partial charge in [-0.05, 0) is 24.4 Å². The maximum Gasteiger partial charge on any atom is 0.248 e. The molecule has 1 heterocycles. The largest absolute Gasteiger partial charge is 0.324 e. The highest BCUT2D eigenvalue weighted by Crippen LogP contribution is 2.23. The lowest BCUT2D eigenvalue weighted by Gasteiger charge is -2.14. The van der Waals surface area contributed by atoms with Gasteiger partial charge >= 0.3 is 0 Å². The summed E-state index contributed by atoms with van der Waals surface area (Å²) in [5, 5.41) is 9.22. The molecule has 0 spiro atoms. The van der Waals surface area contributed by atoms with Gasteiger partial charge in [-0.3, -0.25) is 9.48 Å². The zero-order valence-electron chi connectivity index (χ0n) is 11.2. The Morgan fingerprint density at radius 2 is 1.95 bits per heavy atom. The second-order valence-electron chi connectivity index (χ2n) is 4.68. The number of aromatic nitrogens is 2. The molecule has 3 aromatic rings. The third-order valence-corrected chi connectivity index (χ3v) is 3.35. The predicted molar refractivity (Wildman–Crippen MR) is 79.5 cm³/mol. The van der Waals surface area contributed by atoms with Crippen molar-refractivity contribution in [2.45, 2.75) is 13.0 Å². The van der Waals surface area contributed by atoms with Gasteiger partial charge in [-0.2, -0.15) is 5.10 Å². The Morgan fingerprint density at radius 1 is 1.15 bits per heavy atom. The summed E-state index contributed by atoms with van der Waals surface area (Å²) < 4.78 is 1.64. The maximum atomic E-state index is 12.3. The highest BCUT2D eigenvalue weighted by atomic mass is 16.2. The molecule has 0 aliphatic heterocycles. The van der Waals surface area contributed by atoms with E-state index in [-0.39, 0.29) is 11.9 Å². The van der Waals surface area contributed by atoms with Crippen LogP contribution in [0.2, 0.25) is 0 Å². The minimum atomic E-state index is -0.344. The summed E-state index contributed by atoms with van der Waals surface area (Å²) in [5.41, 5.74) is 0.826. The molecule has 1 aromatic heterocycles. The molecule has 0 aliphatic rings. The maximum absolute atomic E-state index is 12.3. The highest BCUT2D eigenvalue weighted by molar-refractivity contribution is 6.03. The van der Waals surface area contributed by atoms with Crippen LogP contribution < -0.4 is 5.32 Å². The first kappa shape index (κ1) is 12.4. The minimum absolute atomic E-state index is 0.0787. The first-order valence-corrected chi connectivity index (χ1v) is 6.53. The number of hydrogen-bond acceptors (Lipinski definition) is 2. The van der Waals surface area contributed by atoms with Crippen LogP contribution in [-0.2, 0) is 4.79 Å². The number of rotatable bonds is 3. The molecule has 0 saturated carbocycles. The second kappa shape index (κ2) is 5.17. The molecule has 1 unspecified atom stereocenters. The van der Waals surface area contributed by atoms with Gasteiger partial charge in [-0.25, -0.2) is 0 Å². The van der Waals surface area contributed by atoms with E-state index in [1.807, 2.05) is 55.5 Å². The topological polar surface area (TPSA) is 46.9 Å². The second-order valence-corrected chi connectivity index (χ2v) is 4.68. The fourth-order valence-electron chi connectivity index (χ4n) is 2.20. The summed E-state index contributed by atoms with van der Waals surface area (Å²) >= 11 is 0. The standard InChI is InChI=1S/C16H15N3O/c1-12(19-11-5-10-17-19)16(20)18-15-9-4-7-13-6-2-3-8-14(13)15/h2-12H,1H3,(H,18,20). The molecular weight excluding hydrogens is 250 g/mol. The van der Waals surface area contributed by atoms with Gasteiger partial charge in [0.2, 0.25) is 5.91 Å². The minimum Gasteiger partial charge on any atom is -0.324 e. The number of carbonyl (C=O) groups excluding carboxylic acids is 1. The molecule has 4 nitrogen and oxygen atoms in total. The molecule has 0 radical (unpaired) electrons. The zero-order valence-corrected chi connectivity index (χ0v) is 11.2. The van der Waals surface area contributed by atoms with Gasteiger partial charge in [-0.1, -0.05) is 36.4 Å². The Labute approximate surface area is 117 Å². The van der Waals surface area contributed by atoms with Crippen LogP contribution in [0.4, 0.5) is 5.69 Å². The summed E-state index contributed by atoms with van der Waals surface area (Å²) in [7, 11) is 0. The van der Waals surface area contributed by atoms with E-state index in [9.17, 15) is 4.79 Å². The first-order chi connectivity index (χ1) is 9.75. The Kier molecular flexibility index (Phi) is 3.21. The van der Waals surface area contributed by atoms with Crippen molar-refractivity contribution in [1.82, 2.24) is 9.78 Å². The van der Waals surface area contributed by atoms with Crippen LogP contribution in [0, 0.1) is 0 Å². The SMILES string of the molecule is CC(C(=O)Nc1cccc2ccccc12)n1cccn1. The number of fused-ring (bicyclic) bond motifs is 1. The number of anilines is 1. The van der Waals surface area contributed by atoms with Crippen LogP contribution in [0.15, 0.2) is 60.9 Å². The van der Waals surface area contributed by atoms with E-state index in [2.05, 4.69) is 10.4 Å². The van der Waals surface area contributed by atoms with Gasteiger partial charge in [-0.15, -0.1) is 0 Å². The van der Waals surface area contributed by atoms with Crippen LogP contribution in [-0.4, -0.2) is 15.7 Å². The monoisotopic (exact) mass is 265 g/mol. The number of hydrogen-bond donors (Lipinski definition) is 1. The van der Waals surface area contributed by atoms with Gasteiger partial charge in [0.25, 0.3) is 0 Å². The van der Waals surface area contributed by atoms with Gasteiger partial charge in [0, 0.05) is 23.5 Å². The van der Waals surface area contributed by atoms with Gasteiger partial charge < -0.3 is 5.32 Å². The van der Waals surface area contributed by atoms with Crippen LogP contribution in [0.5, 0.6) is 0 Å². The molecule has 100 valence electrons. The Bertz CT molecular complexity index is 729. The lowest BCUT2D eigenvalue weighted by molar-refractivity contribution is -0.119. The quantitative estimate of drug-likeness (QED) is 0.790. The number of amides is 1. The van der Waals surface area contributed by atoms with Crippen molar-refractivity contribution in [3.05, 3.63) is 60.9 Å². The normalized spacial score (nSPS) is 12.2. The number of nitrogens with zero attached hydrogens (tertiary/aromatic N) is 2. The zero-order chi connectivity index (χ0) is 13.9. The van der Waals surface area contributed by atoms with Gasteiger partial charge in [0.1, 0.15) is 6.04 Å². The van der Waals surface area contributed by atoms with Crippen molar-refractivity contribution in [2.75, 3.05) is 5.32 Å². The fourth-order valence-corrected chi connectivity index (χ4v) is 2.20. The van der Waals surface area contributed by atoms with Gasteiger partial charge in [0.15, 0.2) is 0 Å². The van der Waals surface area contributed by atoms with Gasteiger partial charge in [0.05, 0.1) is 0 Å². The van der Waals surface area contributed by atoms with E-state index < -0.39 is 0 Å². The summed E-state index contributed by atoms with van der Waals surface area (Å²) in [6, 6.07) is 15.3. The number of benzene rings is 2. The van der Waals surface area contributed by atoms with Crippen LogP contribution >= 0.6 is 0 Å². The van der Waals surface area contributed by atoms with Crippen molar-refractivity contribution < 1.29 is 4.79 Å². The van der Waals surface area contributed by atoms with Crippen LogP contribution in [0.1, 0.15) is 13.0 Å². The first-order valence-electron chi connectivity index (χ1n) is 6.53. The molecule has 1 amide bonds. The van der Waals surface area contributed by atoms with E-state index in [4.69, 9.17) is 0 Å². The molecule has 0 bridgehead atoms. The summed E-state index contributed by atoms with van der Waals surface area (Å²) in [5.74, 6) is -0.0787. The molecule has 0 fully saturated rings. The third-order valence-electron chi connectivity index (χ3n) is 3.35. The molecular formula is C16H15N3O. The smallest absolute Gasteiger partial charge is 0.248 e. The molecule has 3 rings (SSSR count). The third kappa shape index (κ3) is 2.28. The molecule has 0 aliphatic carbocycles. The van der Waals surface area contributed by atoms with Crippen molar-refractivity contribution in [3.8, 4) is 0 Å². The molecule has 1 atom stereocenters. The summed E-state index contributed by atoms with van der Waals surface area (Å²) in [6.45, 7) is 1.83. The fraction of sp³-hybridized carbons (Fsp3) is 0.125. The Hall–Kier alpha value is -2.62. The molecule has 4 heteroatoms. The highest BCUT2D eigenvalue weighted by Gasteiger charge is 2.15. The predicted octanol–water partition coefficient (Wildman–Crippen LogP) is 3.24. The lowest BCUT2D eigenvalue weighted by Crippen LogP contribution is -2.24. The van der Waals surface area contributed by atoms with E-state index in [1.165, 1.54) is 0 Å². The molecule has 1 N–H and O–H groups in total. The van der Waals surface area contributed by atoms with Crippen LogP contribution in [0.25, 0.3) is 10.8 Å². The van der Waals surface area contributed by atoms with Crippen molar-refractivity contribution in [3.63, 3.8) is 0 Å². The summed E-state index contributed by atoms with van der Waals surface area (Å²) in [6.07, 6.45) is 3.45. The van der Waals surface area contributed by atoms with E-state index in [0.29, 0.717) is 0 Å². The molecule has 0 saturated heterocycles. The summed E-state index contributed by atoms with van der Waals surface area (Å²) in [4.78, 5) is 12.3. The van der Waals surface area contributed by atoms with Crippen molar-refractivity contribution >= 4 is 22.4 Å². The Balaban J connectivity index is 1.88. The Morgan fingerprint density at radius 3 is 2.75 bits per heavy atom. The average Bonchev–Trinajstić information content (AvgIpc) is 3.01. The average molecular weight is 265 g/mol. The van der Waals surface area contributed by atoms with Crippen LogP contribution in [0.3, 0.4) is 0 Å².